The van der Waals surface area contributed by atoms with E-state index in [4.69, 9.17) is 9.47 Å². The molecule has 0 aromatic heterocycles. The number of rotatable bonds is 4. The first-order valence-corrected chi connectivity index (χ1v) is 29.6. The molecule has 0 spiro atoms. The van der Waals surface area contributed by atoms with E-state index in [-0.39, 0.29) is 24.3 Å². The molecule has 6 heterocycles. The highest BCUT2D eigenvalue weighted by atomic mass is 16.5. The van der Waals surface area contributed by atoms with Crippen molar-refractivity contribution in [1.82, 2.24) is 0 Å². The molecule has 2 aliphatic carbocycles. The number of benzene rings is 12. The van der Waals surface area contributed by atoms with Crippen molar-refractivity contribution in [2.75, 3.05) is 19.6 Å². The maximum absolute atomic E-state index is 8.08. The Kier molecular flexibility index (Phi) is 8.37. The Labute approximate surface area is 488 Å². The highest BCUT2D eigenvalue weighted by molar-refractivity contribution is 7.03. The average Bonchev–Trinajstić information content (AvgIpc) is 0.956. The van der Waals surface area contributed by atoms with Gasteiger partial charge in [0, 0.05) is 89.6 Å². The molecule has 6 nitrogen and oxygen atoms in total. The fourth-order valence-corrected chi connectivity index (χ4v) is 17.1. The predicted octanol–water partition coefficient (Wildman–Crippen LogP) is 15.8. The molecule has 0 saturated heterocycles. The standard InChI is InChI=1S/C76H50B2N4O2/c1-75(2)53-33-19-17-31-47(53)49-39-59-67-73(63(49)75)83-61-41-51-52(71-69(61)77(67)65-55(79(59)43-23-9-5-10-24-43)35-21-37-57(65)81(71)45-27-13-7-14-28-45)42-62-70-72(51)82(46-29-15-8-16-30-46)58-38-22-36-56-66(58)78(70)68-60(80(56)44-25-11-6-12-26-44)40-50-48-32-18-20-34-54(48)76(3,4)64(50)74(68)84-62/h5-42H,1-4H3. The Balaban J connectivity index is 0.951. The van der Waals surface area contributed by atoms with E-state index in [1.54, 1.807) is 0 Å². The quantitative estimate of drug-likeness (QED) is 0.163. The normalized spacial score (nSPS) is 15.9. The maximum Gasteiger partial charge on any atom is 0.261 e. The van der Waals surface area contributed by atoms with Gasteiger partial charge in [-0.25, -0.2) is 0 Å². The molecule has 12 aromatic rings. The molecule has 84 heavy (non-hydrogen) atoms. The Morgan fingerprint density at radius 2 is 0.631 bits per heavy atom. The molecule has 6 aliphatic heterocycles. The fourth-order valence-electron chi connectivity index (χ4n) is 17.1. The number of nitrogens with zero attached hydrogens (tertiary/aromatic N) is 4. The Morgan fingerprint density at radius 3 is 1.01 bits per heavy atom. The number of hydrogen-bond acceptors (Lipinski definition) is 6. The minimum atomic E-state index is -0.348. The molecule has 0 atom stereocenters. The number of para-hydroxylation sites is 4. The molecule has 0 radical (unpaired) electrons. The molecular weight excluding hydrogens is 1020 g/mol. The van der Waals surface area contributed by atoms with E-state index >= 15 is 0 Å². The summed E-state index contributed by atoms with van der Waals surface area (Å²) in [5.41, 5.74) is 30.3. The van der Waals surface area contributed by atoms with Crippen LogP contribution < -0.4 is 61.9 Å². The maximum atomic E-state index is 8.08. The number of fused-ring (bicyclic) bond motifs is 11. The summed E-state index contributed by atoms with van der Waals surface area (Å²) in [6.07, 6.45) is 0. The van der Waals surface area contributed by atoms with E-state index < -0.39 is 0 Å². The predicted molar refractivity (Wildman–Crippen MR) is 347 cm³/mol. The second kappa shape index (κ2) is 15.5. The summed E-state index contributed by atoms with van der Waals surface area (Å²) in [6.45, 7) is 9.25. The molecule has 0 fully saturated rings. The van der Waals surface area contributed by atoms with Gasteiger partial charge in [0.1, 0.15) is 23.0 Å². The SMILES string of the molecule is CC1(C)c2ccccc2-c2cc3c4c(c21)Oc1cc2c5c6c(cc2c2c1B4c1c(cccc1N2c1ccccc1)N3c1ccccc1)Oc1c2c(cc3c1C(C)(C)c1ccccc1-3)N(c1ccccc1)c1cccc(c1B26)N5c1ccccc1. The number of anilines is 12. The number of ether oxygens (including phenoxy) is 2. The molecule has 12 aromatic carbocycles. The van der Waals surface area contributed by atoms with E-state index in [9.17, 15) is 0 Å². The van der Waals surface area contributed by atoms with Crippen molar-refractivity contribution >= 4 is 125 Å². The van der Waals surface area contributed by atoms with Crippen molar-refractivity contribution in [2.45, 2.75) is 38.5 Å². The van der Waals surface area contributed by atoms with Crippen LogP contribution in [0.25, 0.3) is 33.0 Å². The van der Waals surface area contributed by atoms with Crippen LogP contribution in [-0.2, 0) is 10.8 Å². The van der Waals surface area contributed by atoms with Crippen molar-refractivity contribution < 1.29 is 9.47 Å². The summed E-state index contributed by atoms with van der Waals surface area (Å²) in [4.78, 5) is 10.1. The third kappa shape index (κ3) is 5.34. The Hall–Kier alpha value is -10.2. The van der Waals surface area contributed by atoms with Gasteiger partial charge in [0.25, 0.3) is 13.4 Å². The van der Waals surface area contributed by atoms with Gasteiger partial charge in [-0.3, -0.25) is 0 Å². The van der Waals surface area contributed by atoms with Crippen LogP contribution in [0.2, 0.25) is 0 Å². The van der Waals surface area contributed by atoms with Gasteiger partial charge in [-0.05, 0) is 163 Å². The summed E-state index contributed by atoms with van der Waals surface area (Å²) in [6, 6.07) is 85.8. The average molecular weight is 1070 g/mol. The minimum absolute atomic E-state index is 0.163. The zero-order chi connectivity index (χ0) is 55.2. The van der Waals surface area contributed by atoms with Crippen molar-refractivity contribution in [2.24, 2.45) is 0 Å². The molecular formula is C76H50B2N4O2. The lowest BCUT2D eigenvalue weighted by Gasteiger charge is -2.49. The zero-order valence-electron chi connectivity index (χ0n) is 46.7. The topological polar surface area (TPSA) is 31.4 Å². The van der Waals surface area contributed by atoms with Crippen LogP contribution in [-0.4, -0.2) is 13.4 Å². The van der Waals surface area contributed by atoms with Crippen LogP contribution in [0, 0.1) is 0 Å². The van der Waals surface area contributed by atoms with Crippen molar-refractivity contribution in [3.8, 4) is 45.3 Å². The van der Waals surface area contributed by atoms with Crippen LogP contribution in [0.1, 0.15) is 49.9 Å². The van der Waals surface area contributed by atoms with Crippen molar-refractivity contribution in [3.63, 3.8) is 0 Å². The molecule has 20 rings (SSSR count). The summed E-state index contributed by atoms with van der Waals surface area (Å²) in [5.74, 6) is 3.70. The Bertz CT molecular complexity index is 4690. The molecule has 0 bridgehead atoms. The first-order valence-electron chi connectivity index (χ1n) is 29.6. The second-order valence-corrected chi connectivity index (χ2v) is 25.0. The molecule has 0 unspecified atom stereocenters. The third-order valence-corrected chi connectivity index (χ3v) is 20.2. The van der Waals surface area contributed by atoms with Crippen molar-refractivity contribution in [1.29, 1.82) is 0 Å². The minimum Gasteiger partial charge on any atom is -0.458 e. The molecule has 392 valence electrons. The van der Waals surface area contributed by atoms with Crippen molar-refractivity contribution in [3.05, 3.63) is 253 Å². The highest BCUT2D eigenvalue weighted by Gasteiger charge is 2.56. The van der Waals surface area contributed by atoms with Crippen LogP contribution in [0.3, 0.4) is 0 Å². The van der Waals surface area contributed by atoms with Crippen LogP contribution >= 0.6 is 0 Å². The zero-order valence-corrected chi connectivity index (χ0v) is 46.7. The molecule has 0 amide bonds. The monoisotopic (exact) mass is 1070 g/mol. The van der Waals surface area contributed by atoms with Gasteiger partial charge in [-0.1, -0.05) is 161 Å². The van der Waals surface area contributed by atoms with Gasteiger partial charge < -0.3 is 29.1 Å². The van der Waals surface area contributed by atoms with Gasteiger partial charge in [0.2, 0.25) is 0 Å². The molecule has 8 aliphatic rings. The van der Waals surface area contributed by atoms with Crippen LogP contribution in [0.15, 0.2) is 231 Å². The second-order valence-electron chi connectivity index (χ2n) is 25.0. The van der Waals surface area contributed by atoms with E-state index in [0.29, 0.717) is 0 Å². The first-order chi connectivity index (χ1) is 41.3. The van der Waals surface area contributed by atoms with Crippen LogP contribution in [0.4, 0.5) is 68.2 Å². The summed E-state index contributed by atoms with van der Waals surface area (Å²) < 4.78 is 16.2. The summed E-state index contributed by atoms with van der Waals surface area (Å²) in [7, 11) is 0. The first kappa shape index (κ1) is 45.4. The van der Waals surface area contributed by atoms with Gasteiger partial charge >= 0.3 is 0 Å². The fraction of sp³-hybridized carbons (Fsp3) is 0.0789. The number of hydrogen-bond donors (Lipinski definition) is 0. The van der Waals surface area contributed by atoms with E-state index in [1.807, 2.05) is 0 Å². The van der Waals surface area contributed by atoms with E-state index in [0.717, 1.165) is 90.6 Å². The largest absolute Gasteiger partial charge is 0.458 e. The van der Waals surface area contributed by atoms with Gasteiger partial charge in [0.15, 0.2) is 0 Å². The van der Waals surface area contributed by atoms with Gasteiger partial charge in [-0.15, -0.1) is 0 Å². The lowest BCUT2D eigenvalue weighted by molar-refractivity contribution is 0.468. The lowest BCUT2D eigenvalue weighted by atomic mass is 9.31. The third-order valence-electron chi connectivity index (χ3n) is 20.2. The summed E-state index contributed by atoms with van der Waals surface area (Å²) in [5, 5.41) is 2.22. The van der Waals surface area contributed by atoms with E-state index in [1.165, 1.54) is 88.7 Å². The van der Waals surface area contributed by atoms with E-state index in [2.05, 4.69) is 278 Å². The lowest BCUT2D eigenvalue weighted by Crippen LogP contribution is -2.64. The summed E-state index contributed by atoms with van der Waals surface area (Å²) >= 11 is 0. The molecule has 0 N–H and O–H groups in total. The van der Waals surface area contributed by atoms with Gasteiger partial charge in [-0.2, -0.15) is 0 Å². The highest BCUT2D eigenvalue weighted by Crippen LogP contribution is 2.62. The smallest absolute Gasteiger partial charge is 0.261 e. The molecule has 8 heteroatoms. The van der Waals surface area contributed by atoms with Gasteiger partial charge in [0.05, 0.1) is 11.4 Å². The van der Waals surface area contributed by atoms with Crippen LogP contribution in [0.5, 0.6) is 23.0 Å². The Morgan fingerprint density at radius 1 is 0.298 bits per heavy atom. The molecule has 0 saturated carbocycles.